The summed E-state index contributed by atoms with van der Waals surface area (Å²) < 4.78 is 25.4. The van der Waals surface area contributed by atoms with E-state index in [1.807, 2.05) is 19.1 Å². The number of benzene rings is 1. The second kappa shape index (κ2) is 10.9. The minimum absolute atomic E-state index is 0.406. The molecule has 0 amide bonds. The van der Waals surface area contributed by atoms with Crippen LogP contribution in [0.1, 0.15) is 45.1 Å². The van der Waals surface area contributed by atoms with Gasteiger partial charge in [-0.2, -0.15) is 0 Å². The summed E-state index contributed by atoms with van der Waals surface area (Å²) in [6.45, 7) is 6.29. The highest BCUT2D eigenvalue weighted by atomic mass is 32.2. The van der Waals surface area contributed by atoms with E-state index in [4.69, 9.17) is 0 Å². The average Bonchev–Trinajstić information content (AvgIpc) is 2.52. The number of rotatable bonds is 10. The van der Waals surface area contributed by atoms with Gasteiger partial charge >= 0.3 is 0 Å². The maximum absolute atomic E-state index is 11.4. The molecule has 136 valence electrons. The predicted molar refractivity (Wildman–Crippen MR) is 102 cm³/mol. The average molecular weight is 355 g/mol. The normalized spacial score (nSPS) is 12.0. The third-order valence-electron chi connectivity index (χ3n) is 3.39. The highest BCUT2D eigenvalue weighted by Gasteiger charge is 2.07. The molecule has 0 bridgehead atoms. The molecule has 3 N–H and O–H groups in total. The number of nitrogens with zero attached hydrogens (tertiary/aromatic N) is 1. The molecule has 0 unspecified atom stereocenters. The molecule has 7 heteroatoms. The number of para-hydroxylation sites is 1. The first-order chi connectivity index (χ1) is 11.5. The zero-order chi connectivity index (χ0) is 17.8. The molecular weight excluding hydrogens is 324 g/mol. The van der Waals surface area contributed by atoms with E-state index in [-0.39, 0.29) is 0 Å². The molecule has 0 aliphatic carbocycles. The first-order valence-corrected chi connectivity index (χ1v) is 10.4. The fraction of sp³-hybridized carbons (Fsp3) is 0.588. The molecule has 0 atom stereocenters. The Morgan fingerprint density at radius 1 is 1.08 bits per heavy atom. The third-order valence-corrected chi connectivity index (χ3v) is 3.98. The van der Waals surface area contributed by atoms with Gasteiger partial charge in [-0.05, 0) is 25.0 Å². The van der Waals surface area contributed by atoms with Crippen molar-refractivity contribution in [3.8, 4) is 0 Å². The van der Waals surface area contributed by atoms with Crippen LogP contribution in [0.25, 0.3) is 0 Å². The molecule has 0 aliphatic heterocycles. The van der Waals surface area contributed by atoms with Gasteiger partial charge in [0.1, 0.15) is 0 Å². The molecule has 0 aliphatic rings. The van der Waals surface area contributed by atoms with Crippen molar-refractivity contribution in [2.24, 2.45) is 4.99 Å². The summed E-state index contributed by atoms with van der Waals surface area (Å²) in [6.07, 6.45) is 5.95. The summed E-state index contributed by atoms with van der Waals surface area (Å²) in [6, 6.07) is 7.31. The summed E-state index contributed by atoms with van der Waals surface area (Å²) in [5.41, 5.74) is 1.41. The van der Waals surface area contributed by atoms with E-state index in [0.717, 1.165) is 37.3 Å². The molecule has 0 spiro atoms. The van der Waals surface area contributed by atoms with Gasteiger partial charge in [0.05, 0.1) is 18.5 Å². The van der Waals surface area contributed by atoms with Crippen LogP contribution in [0.3, 0.4) is 0 Å². The van der Waals surface area contributed by atoms with Crippen molar-refractivity contribution in [2.45, 2.75) is 46.1 Å². The van der Waals surface area contributed by atoms with Gasteiger partial charge < -0.3 is 10.6 Å². The van der Waals surface area contributed by atoms with Gasteiger partial charge in [0.15, 0.2) is 5.96 Å². The molecular formula is C17H30N4O2S. The lowest BCUT2D eigenvalue weighted by molar-refractivity contribution is 0.606. The Morgan fingerprint density at radius 2 is 1.83 bits per heavy atom. The fourth-order valence-electron chi connectivity index (χ4n) is 2.22. The SMILES string of the molecule is CCCCCCNC(=NCc1ccccc1NS(C)(=O)=O)NCC. The van der Waals surface area contributed by atoms with E-state index in [1.165, 1.54) is 19.3 Å². The number of hydrogen-bond donors (Lipinski definition) is 3. The molecule has 1 aromatic rings. The Labute approximate surface area is 146 Å². The monoisotopic (exact) mass is 354 g/mol. The Morgan fingerprint density at radius 3 is 2.50 bits per heavy atom. The van der Waals surface area contributed by atoms with Gasteiger partial charge in [-0.3, -0.25) is 4.72 Å². The van der Waals surface area contributed by atoms with Gasteiger partial charge in [0, 0.05) is 13.1 Å². The van der Waals surface area contributed by atoms with E-state index in [1.54, 1.807) is 12.1 Å². The summed E-state index contributed by atoms with van der Waals surface area (Å²) in [4.78, 5) is 4.55. The fourth-order valence-corrected chi connectivity index (χ4v) is 2.82. The Hall–Kier alpha value is -1.76. The standard InChI is InChI=1S/C17H30N4O2S/c1-4-6-7-10-13-19-17(18-5-2)20-14-15-11-8-9-12-16(15)21-24(3,22)23/h8-9,11-12,21H,4-7,10,13-14H2,1-3H3,(H2,18,19,20). The van der Waals surface area contributed by atoms with E-state index in [2.05, 4.69) is 27.3 Å². The zero-order valence-corrected chi connectivity index (χ0v) is 15.7. The molecule has 0 fully saturated rings. The van der Waals surface area contributed by atoms with Crippen LogP contribution in [-0.2, 0) is 16.6 Å². The lowest BCUT2D eigenvalue weighted by Gasteiger charge is -2.12. The quantitative estimate of drug-likeness (QED) is 0.343. The van der Waals surface area contributed by atoms with Gasteiger partial charge in [-0.1, -0.05) is 44.4 Å². The number of nitrogens with one attached hydrogen (secondary N) is 3. The van der Waals surface area contributed by atoms with Crippen LogP contribution in [0.15, 0.2) is 29.3 Å². The van der Waals surface area contributed by atoms with E-state index in [9.17, 15) is 8.42 Å². The molecule has 0 saturated heterocycles. The van der Waals surface area contributed by atoms with Crippen LogP contribution in [0.4, 0.5) is 5.69 Å². The van der Waals surface area contributed by atoms with Crippen molar-refractivity contribution in [1.29, 1.82) is 0 Å². The summed E-state index contributed by atoms with van der Waals surface area (Å²) in [7, 11) is -3.30. The maximum Gasteiger partial charge on any atom is 0.229 e. The summed E-state index contributed by atoms with van der Waals surface area (Å²) in [5, 5.41) is 6.53. The van der Waals surface area contributed by atoms with Gasteiger partial charge in [-0.25, -0.2) is 13.4 Å². The second-order valence-corrected chi connectivity index (χ2v) is 7.46. The Balaban J connectivity index is 2.68. The lowest BCUT2D eigenvalue weighted by Crippen LogP contribution is -2.37. The number of aliphatic imine (C=N–C) groups is 1. The van der Waals surface area contributed by atoms with Crippen molar-refractivity contribution < 1.29 is 8.42 Å². The lowest BCUT2D eigenvalue weighted by atomic mass is 10.2. The molecule has 0 aromatic heterocycles. The molecule has 0 radical (unpaired) electrons. The van der Waals surface area contributed by atoms with Gasteiger partial charge in [0.2, 0.25) is 10.0 Å². The maximum atomic E-state index is 11.4. The minimum Gasteiger partial charge on any atom is -0.357 e. The molecule has 24 heavy (non-hydrogen) atoms. The van der Waals surface area contributed by atoms with Gasteiger partial charge in [-0.15, -0.1) is 0 Å². The predicted octanol–water partition coefficient (Wildman–Crippen LogP) is 2.69. The number of sulfonamides is 1. The van der Waals surface area contributed by atoms with Crippen molar-refractivity contribution >= 4 is 21.7 Å². The van der Waals surface area contributed by atoms with Crippen LogP contribution >= 0.6 is 0 Å². The van der Waals surface area contributed by atoms with Crippen LogP contribution in [0.5, 0.6) is 0 Å². The zero-order valence-electron chi connectivity index (χ0n) is 14.9. The van der Waals surface area contributed by atoms with Crippen LogP contribution in [-0.4, -0.2) is 33.7 Å². The van der Waals surface area contributed by atoms with E-state index in [0.29, 0.717) is 12.2 Å². The molecule has 1 aromatic carbocycles. The smallest absolute Gasteiger partial charge is 0.229 e. The molecule has 6 nitrogen and oxygen atoms in total. The molecule has 1 rings (SSSR count). The van der Waals surface area contributed by atoms with Crippen molar-refractivity contribution in [3.05, 3.63) is 29.8 Å². The van der Waals surface area contributed by atoms with Crippen LogP contribution in [0, 0.1) is 0 Å². The van der Waals surface area contributed by atoms with E-state index >= 15 is 0 Å². The largest absolute Gasteiger partial charge is 0.357 e. The second-order valence-electron chi connectivity index (χ2n) is 5.71. The minimum atomic E-state index is -3.30. The number of unbranched alkanes of at least 4 members (excludes halogenated alkanes) is 3. The van der Waals surface area contributed by atoms with Crippen molar-refractivity contribution in [3.63, 3.8) is 0 Å². The molecule has 0 saturated carbocycles. The first kappa shape index (κ1) is 20.3. The van der Waals surface area contributed by atoms with Crippen LogP contribution in [0.2, 0.25) is 0 Å². The van der Waals surface area contributed by atoms with E-state index < -0.39 is 10.0 Å². The number of hydrogen-bond acceptors (Lipinski definition) is 3. The highest BCUT2D eigenvalue weighted by Crippen LogP contribution is 2.17. The van der Waals surface area contributed by atoms with Crippen molar-refractivity contribution in [1.82, 2.24) is 10.6 Å². The topological polar surface area (TPSA) is 82.6 Å². The summed E-state index contributed by atoms with van der Waals surface area (Å²) >= 11 is 0. The molecule has 0 heterocycles. The number of anilines is 1. The Kier molecular flexibility index (Phi) is 9.22. The van der Waals surface area contributed by atoms with Crippen LogP contribution < -0.4 is 15.4 Å². The third kappa shape index (κ3) is 8.76. The summed E-state index contributed by atoms with van der Waals surface area (Å²) in [5.74, 6) is 0.753. The van der Waals surface area contributed by atoms with Gasteiger partial charge in [0.25, 0.3) is 0 Å². The Bertz CT molecular complexity index is 615. The number of guanidine groups is 1. The highest BCUT2D eigenvalue weighted by molar-refractivity contribution is 7.92. The first-order valence-electron chi connectivity index (χ1n) is 8.54. The van der Waals surface area contributed by atoms with Crippen molar-refractivity contribution in [2.75, 3.05) is 24.1 Å².